The van der Waals surface area contributed by atoms with E-state index in [9.17, 15) is 0 Å². The number of nitrogens with zero attached hydrogens (tertiary/aromatic N) is 3. The zero-order valence-corrected chi connectivity index (χ0v) is 13.2. The van der Waals surface area contributed by atoms with Crippen LogP contribution in [0.15, 0.2) is 29.3 Å². The van der Waals surface area contributed by atoms with Crippen LogP contribution < -0.4 is 10.6 Å². The minimum Gasteiger partial charge on any atom is -0.385 e. The number of piperazine rings is 1. The summed E-state index contributed by atoms with van der Waals surface area (Å²) in [6, 6.07) is 7.96. The molecule has 6 heteroatoms. The van der Waals surface area contributed by atoms with Crippen LogP contribution in [0.3, 0.4) is 0 Å². The van der Waals surface area contributed by atoms with Crippen molar-refractivity contribution < 1.29 is 4.74 Å². The Bertz CT molecular complexity index is 455. The van der Waals surface area contributed by atoms with Crippen LogP contribution in [0.25, 0.3) is 0 Å². The molecule has 0 atom stereocenters. The van der Waals surface area contributed by atoms with Crippen molar-refractivity contribution in [1.29, 1.82) is 0 Å². The van der Waals surface area contributed by atoms with Crippen LogP contribution >= 0.6 is 11.6 Å². The maximum Gasteiger partial charge on any atom is 0.191 e. The molecule has 2 N–H and O–H groups in total. The van der Waals surface area contributed by atoms with Gasteiger partial charge in [0.05, 0.1) is 0 Å². The molecule has 1 fully saturated rings. The van der Waals surface area contributed by atoms with Crippen LogP contribution in [0, 0.1) is 0 Å². The molecular formula is C15H23ClN4O. The lowest BCUT2D eigenvalue weighted by Crippen LogP contribution is -2.51. The maximum atomic E-state index is 6.03. The van der Waals surface area contributed by atoms with Crippen molar-refractivity contribution in [2.75, 3.05) is 51.3 Å². The van der Waals surface area contributed by atoms with Gasteiger partial charge in [-0.3, -0.25) is 4.99 Å². The van der Waals surface area contributed by atoms with E-state index in [2.05, 4.69) is 26.9 Å². The van der Waals surface area contributed by atoms with Crippen LogP contribution in [0.1, 0.15) is 6.42 Å². The Labute approximate surface area is 131 Å². The highest BCUT2D eigenvalue weighted by atomic mass is 35.5. The summed E-state index contributed by atoms with van der Waals surface area (Å²) in [6.07, 6.45) is 0.905. The molecule has 0 unspecified atom stereocenters. The van der Waals surface area contributed by atoms with Gasteiger partial charge in [0, 0.05) is 57.2 Å². The van der Waals surface area contributed by atoms with Gasteiger partial charge in [0.2, 0.25) is 0 Å². The second-order valence-electron chi connectivity index (χ2n) is 5.04. The number of guanidine groups is 1. The largest absolute Gasteiger partial charge is 0.385 e. The Hall–Kier alpha value is -1.46. The molecule has 1 heterocycles. The van der Waals surface area contributed by atoms with Crippen molar-refractivity contribution in [2.45, 2.75) is 6.42 Å². The molecule has 2 rings (SSSR count). The fraction of sp³-hybridized carbons (Fsp3) is 0.533. The van der Waals surface area contributed by atoms with Crippen molar-refractivity contribution >= 4 is 23.2 Å². The van der Waals surface area contributed by atoms with Crippen LogP contribution in [0.4, 0.5) is 5.69 Å². The second-order valence-corrected chi connectivity index (χ2v) is 5.47. The van der Waals surface area contributed by atoms with Gasteiger partial charge in [-0.1, -0.05) is 11.6 Å². The van der Waals surface area contributed by atoms with Gasteiger partial charge in [0.25, 0.3) is 0 Å². The number of halogens is 1. The lowest BCUT2D eigenvalue weighted by molar-refractivity contribution is 0.197. The summed E-state index contributed by atoms with van der Waals surface area (Å²) in [5, 5.41) is 0.768. The van der Waals surface area contributed by atoms with Crippen LogP contribution in [0.5, 0.6) is 0 Å². The lowest BCUT2D eigenvalue weighted by Gasteiger charge is -2.36. The Morgan fingerprint density at radius 3 is 2.52 bits per heavy atom. The van der Waals surface area contributed by atoms with Crippen LogP contribution in [-0.4, -0.2) is 57.3 Å². The SMILES string of the molecule is COCCCN=C(N)N1CCN(c2ccc(Cl)cc2)CC1. The van der Waals surface area contributed by atoms with Gasteiger partial charge in [-0.15, -0.1) is 0 Å². The molecule has 0 aliphatic carbocycles. The van der Waals surface area contributed by atoms with Crippen molar-refractivity contribution in [3.63, 3.8) is 0 Å². The quantitative estimate of drug-likeness (QED) is 0.512. The van der Waals surface area contributed by atoms with Crippen molar-refractivity contribution in [1.82, 2.24) is 4.90 Å². The second kappa shape index (κ2) is 8.10. The molecule has 0 spiro atoms. The van der Waals surface area contributed by atoms with E-state index in [1.165, 1.54) is 5.69 Å². The van der Waals surface area contributed by atoms with Gasteiger partial charge >= 0.3 is 0 Å². The average Bonchev–Trinajstić information content (AvgIpc) is 2.52. The number of nitrogens with two attached hydrogens (primary N) is 1. The van der Waals surface area contributed by atoms with Gasteiger partial charge in [0.15, 0.2) is 5.96 Å². The summed E-state index contributed by atoms with van der Waals surface area (Å²) in [5.41, 5.74) is 7.24. The number of hydrogen-bond acceptors (Lipinski definition) is 3. The molecule has 1 aliphatic heterocycles. The fourth-order valence-corrected chi connectivity index (χ4v) is 2.47. The topological polar surface area (TPSA) is 54.1 Å². The Balaban J connectivity index is 1.81. The molecule has 1 saturated heterocycles. The molecule has 1 aromatic carbocycles. The minimum absolute atomic E-state index is 0.641. The van der Waals surface area contributed by atoms with Crippen molar-refractivity contribution in [3.05, 3.63) is 29.3 Å². The summed E-state index contributed by atoms with van der Waals surface area (Å²) in [6.45, 7) is 5.11. The molecular weight excluding hydrogens is 288 g/mol. The first-order valence-electron chi connectivity index (χ1n) is 7.25. The summed E-state index contributed by atoms with van der Waals surface area (Å²) in [5.74, 6) is 0.641. The van der Waals surface area contributed by atoms with Crippen molar-refractivity contribution in [3.8, 4) is 0 Å². The predicted octanol–water partition coefficient (Wildman–Crippen LogP) is 1.81. The first-order valence-corrected chi connectivity index (χ1v) is 7.63. The maximum absolute atomic E-state index is 6.03. The number of anilines is 1. The van der Waals surface area contributed by atoms with Gasteiger partial charge in [-0.05, 0) is 30.7 Å². The minimum atomic E-state index is 0.641. The Morgan fingerprint density at radius 2 is 1.90 bits per heavy atom. The smallest absolute Gasteiger partial charge is 0.191 e. The third-order valence-electron chi connectivity index (χ3n) is 3.58. The first-order chi connectivity index (χ1) is 10.2. The number of aliphatic imine (C=N–C) groups is 1. The highest BCUT2D eigenvalue weighted by molar-refractivity contribution is 6.30. The third kappa shape index (κ3) is 4.79. The van der Waals surface area contributed by atoms with E-state index in [1.807, 2.05) is 12.1 Å². The Kier molecular flexibility index (Phi) is 6.14. The molecule has 5 nitrogen and oxygen atoms in total. The molecule has 0 amide bonds. The number of methoxy groups -OCH3 is 1. The van der Waals surface area contributed by atoms with E-state index in [1.54, 1.807) is 7.11 Å². The molecule has 1 aliphatic rings. The van der Waals surface area contributed by atoms with E-state index >= 15 is 0 Å². The van der Waals surface area contributed by atoms with E-state index < -0.39 is 0 Å². The number of rotatable bonds is 5. The molecule has 116 valence electrons. The van der Waals surface area contributed by atoms with E-state index in [0.717, 1.165) is 50.8 Å². The van der Waals surface area contributed by atoms with Gasteiger partial charge in [-0.2, -0.15) is 0 Å². The van der Waals surface area contributed by atoms with Crippen molar-refractivity contribution in [2.24, 2.45) is 10.7 Å². The first kappa shape index (κ1) is 15.9. The zero-order chi connectivity index (χ0) is 15.1. The highest BCUT2D eigenvalue weighted by Gasteiger charge is 2.18. The van der Waals surface area contributed by atoms with Gasteiger partial charge in [-0.25, -0.2) is 0 Å². The number of ether oxygens (including phenoxy) is 1. The Morgan fingerprint density at radius 1 is 1.24 bits per heavy atom. The molecule has 0 aromatic heterocycles. The monoisotopic (exact) mass is 310 g/mol. The molecule has 0 radical (unpaired) electrons. The molecule has 0 saturated carbocycles. The normalized spacial score (nSPS) is 16.4. The summed E-state index contributed by atoms with van der Waals surface area (Å²) >= 11 is 5.92. The summed E-state index contributed by atoms with van der Waals surface area (Å²) in [4.78, 5) is 8.88. The molecule has 21 heavy (non-hydrogen) atoms. The molecule has 0 bridgehead atoms. The number of benzene rings is 1. The fourth-order valence-electron chi connectivity index (χ4n) is 2.35. The van der Waals surface area contributed by atoms with E-state index in [-0.39, 0.29) is 0 Å². The summed E-state index contributed by atoms with van der Waals surface area (Å²) < 4.78 is 5.00. The predicted molar refractivity (Wildman–Crippen MR) is 88.2 cm³/mol. The zero-order valence-electron chi connectivity index (χ0n) is 12.5. The van der Waals surface area contributed by atoms with E-state index in [0.29, 0.717) is 5.96 Å². The van der Waals surface area contributed by atoms with E-state index in [4.69, 9.17) is 22.1 Å². The third-order valence-corrected chi connectivity index (χ3v) is 3.83. The van der Waals surface area contributed by atoms with Gasteiger partial charge < -0.3 is 20.3 Å². The number of hydrogen-bond donors (Lipinski definition) is 1. The van der Waals surface area contributed by atoms with Crippen LogP contribution in [0.2, 0.25) is 5.02 Å². The molecule has 1 aromatic rings. The lowest BCUT2D eigenvalue weighted by atomic mass is 10.2. The standard InChI is InChI=1S/C15H23ClN4O/c1-21-12-2-7-18-15(17)20-10-8-19(9-11-20)14-5-3-13(16)4-6-14/h3-6H,2,7-12H2,1H3,(H2,17,18). The highest BCUT2D eigenvalue weighted by Crippen LogP contribution is 2.19. The summed E-state index contributed by atoms with van der Waals surface area (Å²) in [7, 11) is 1.70. The van der Waals surface area contributed by atoms with Crippen LogP contribution in [-0.2, 0) is 4.74 Å². The average molecular weight is 311 g/mol. The van der Waals surface area contributed by atoms with Gasteiger partial charge in [0.1, 0.15) is 0 Å².